The number of para-hydroxylation sites is 1. The van der Waals surface area contributed by atoms with Crippen LogP contribution in [-0.4, -0.2) is 22.2 Å². The van der Waals surface area contributed by atoms with Gasteiger partial charge in [0, 0.05) is 12.7 Å². The predicted octanol–water partition coefficient (Wildman–Crippen LogP) is 2.37. The first-order valence-corrected chi connectivity index (χ1v) is 7.22. The smallest absolute Gasteiger partial charge is 0.271 e. The maximum absolute atomic E-state index is 11.9. The molecule has 3 rings (SSSR count). The van der Waals surface area contributed by atoms with Crippen LogP contribution in [0.25, 0.3) is 0 Å². The summed E-state index contributed by atoms with van der Waals surface area (Å²) in [5, 5.41) is 7.13. The first-order chi connectivity index (χ1) is 10.2. The van der Waals surface area contributed by atoms with Crippen LogP contribution in [0.3, 0.4) is 0 Å². The molecule has 5 nitrogen and oxygen atoms in total. The molecule has 1 aromatic heterocycles. The van der Waals surface area contributed by atoms with Crippen LogP contribution in [0.15, 0.2) is 36.5 Å². The molecule has 5 heteroatoms. The van der Waals surface area contributed by atoms with E-state index >= 15 is 0 Å². The number of benzene rings is 1. The van der Waals surface area contributed by atoms with E-state index < -0.39 is 0 Å². The van der Waals surface area contributed by atoms with Crippen molar-refractivity contribution in [1.82, 2.24) is 15.1 Å². The molecule has 1 aliphatic rings. The van der Waals surface area contributed by atoms with E-state index in [1.165, 1.54) is 12.8 Å². The van der Waals surface area contributed by atoms with E-state index in [1.54, 1.807) is 16.9 Å². The first-order valence-electron chi connectivity index (χ1n) is 7.22. The standard InChI is InChI=1S/C16H19N3O2/c1-12-4-2-3-5-15(12)21-11-19-9-8-14(18-19)16(20)17-10-13-6-7-13/h2-5,8-9,13H,6-7,10-11H2,1H3,(H,17,20). The lowest BCUT2D eigenvalue weighted by Gasteiger charge is -2.08. The zero-order chi connectivity index (χ0) is 14.7. The third-order valence-electron chi connectivity index (χ3n) is 3.57. The summed E-state index contributed by atoms with van der Waals surface area (Å²) < 4.78 is 7.32. The molecule has 1 saturated carbocycles. The number of carbonyl (C=O) groups is 1. The Balaban J connectivity index is 1.54. The lowest BCUT2D eigenvalue weighted by Crippen LogP contribution is -2.26. The molecule has 1 N–H and O–H groups in total. The van der Waals surface area contributed by atoms with Gasteiger partial charge in [-0.1, -0.05) is 18.2 Å². The average Bonchev–Trinajstić information content (AvgIpc) is 3.20. The Bertz CT molecular complexity index is 632. The molecule has 0 radical (unpaired) electrons. The number of nitrogens with one attached hydrogen (secondary N) is 1. The van der Waals surface area contributed by atoms with Gasteiger partial charge in [0.05, 0.1) is 0 Å². The van der Waals surface area contributed by atoms with Gasteiger partial charge in [0.1, 0.15) is 11.4 Å². The number of nitrogens with zero attached hydrogens (tertiary/aromatic N) is 2. The molecule has 1 aromatic carbocycles. The molecular weight excluding hydrogens is 266 g/mol. The molecule has 0 unspecified atom stereocenters. The Morgan fingerprint density at radius 3 is 2.95 bits per heavy atom. The normalized spacial score (nSPS) is 14.0. The van der Waals surface area contributed by atoms with Gasteiger partial charge >= 0.3 is 0 Å². The van der Waals surface area contributed by atoms with Crippen LogP contribution in [0.2, 0.25) is 0 Å². The predicted molar refractivity (Wildman–Crippen MR) is 79.1 cm³/mol. The Labute approximate surface area is 123 Å². The van der Waals surface area contributed by atoms with Crippen LogP contribution in [0, 0.1) is 12.8 Å². The molecular formula is C16H19N3O2. The lowest BCUT2D eigenvalue weighted by atomic mass is 10.2. The number of rotatable bonds is 6. The van der Waals surface area contributed by atoms with E-state index in [4.69, 9.17) is 4.74 Å². The maximum atomic E-state index is 11.9. The fraction of sp³-hybridized carbons (Fsp3) is 0.375. The second-order valence-electron chi connectivity index (χ2n) is 5.43. The fourth-order valence-corrected chi connectivity index (χ4v) is 2.06. The highest BCUT2D eigenvalue weighted by Crippen LogP contribution is 2.27. The van der Waals surface area contributed by atoms with Gasteiger partial charge in [0.25, 0.3) is 5.91 Å². The van der Waals surface area contributed by atoms with Gasteiger partial charge in [0.2, 0.25) is 0 Å². The van der Waals surface area contributed by atoms with Gasteiger partial charge < -0.3 is 10.1 Å². The average molecular weight is 285 g/mol. The summed E-state index contributed by atoms with van der Waals surface area (Å²) in [6.45, 7) is 3.04. The third-order valence-corrected chi connectivity index (χ3v) is 3.57. The number of ether oxygens (including phenoxy) is 1. The van der Waals surface area contributed by atoms with E-state index in [1.807, 2.05) is 31.2 Å². The SMILES string of the molecule is Cc1ccccc1OCn1ccc(C(=O)NCC2CC2)n1. The largest absolute Gasteiger partial charge is 0.471 e. The highest BCUT2D eigenvalue weighted by molar-refractivity contribution is 5.92. The molecule has 0 atom stereocenters. The lowest BCUT2D eigenvalue weighted by molar-refractivity contribution is 0.0944. The topological polar surface area (TPSA) is 56.1 Å². The zero-order valence-electron chi connectivity index (χ0n) is 12.1. The molecule has 0 aliphatic heterocycles. The van der Waals surface area contributed by atoms with Crippen molar-refractivity contribution in [2.24, 2.45) is 5.92 Å². The highest BCUT2D eigenvalue weighted by Gasteiger charge is 2.22. The first kappa shape index (κ1) is 13.7. The van der Waals surface area contributed by atoms with Crippen molar-refractivity contribution in [3.63, 3.8) is 0 Å². The molecule has 1 fully saturated rings. The second kappa shape index (κ2) is 5.99. The number of aryl methyl sites for hydroxylation is 1. The van der Waals surface area contributed by atoms with Crippen LogP contribution in [0.5, 0.6) is 5.75 Å². The van der Waals surface area contributed by atoms with Crippen molar-refractivity contribution in [1.29, 1.82) is 0 Å². The van der Waals surface area contributed by atoms with Gasteiger partial charge in [-0.15, -0.1) is 0 Å². The Hall–Kier alpha value is -2.30. The van der Waals surface area contributed by atoms with Gasteiger partial charge in [0.15, 0.2) is 6.73 Å². The fourth-order valence-electron chi connectivity index (χ4n) is 2.06. The molecule has 2 aromatic rings. The molecule has 1 aliphatic carbocycles. The van der Waals surface area contributed by atoms with Crippen molar-refractivity contribution in [3.05, 3.63) is 47.8 Å². The van der Waals surface area contributed by atoms with E-state index in [0.717, 1.165) is 17.9 Å². The molecule has 21 heavy (non-hydrogen) atoms. The molecule has 1 heterocycles. The minimum Gasteiger partial charge on any atom is -0.471 e. The van der Waals surface area contributed by atoms with Crippen molar-refractivity contribution in [2.75, 3.05) is 6.54 Å². The summed E-state index contributed by atoms with van der Waals surface area (Å²) in [6, 6.07) is 9.53. The summed E-state index contributed by atoms with van der Waals surface area (Å²) in [4.78, 5) is 11.9. The third kappa shape index (κ3) is 3.62. The van der Waals surface area contributed by atoms with Gasteiger partial charge in [-0.3, -0.25) is 4.79 Å². The quantitative estimate of drug-likeness (QED) is 0.886. The van der Waals surface area contributed by atoms with E-state index in [0.29, 0.717) is 18.3 Å². The van der Waals surface area contributed by atoms with Crippen LogP contribution in [0.4, 0.5) is 0 Å². The molecule has 110 valence electrons. The monoisotopic (exact) mass is 285 g/mol. The number of hydrogen-bond donors (Lipinski definition) is 1. The van der Waals surface area contributed by atoms with Crippen LogP contribution < -0.4 is 10.1 Å². The Morgan fingerprint density at radius 2 is 2.19 bits per heavy atom. The summed E-state index contributed by atoms with van der Waals surface area (Å²) in [6.07, 6.45) is 4.20. The highest BCUT2D eigenvalue weighted by atomic mass is 16.5. The van der Waals surface area contributed by atoms with E-state index in [2.05, 4.69) is 10.4 Å². The minimum atomic E-state index is -0.114. The minimum absolute atomic E-state index is 0.114. The molecule has 0 bridgehead atoms. The zero-order valence-corrected chi connectivity index (χ0v) is 12.1. The maximum Gasteiger partial charge on any atom is 0.271 e. The van der Waals surface area contributed by atoms with Crippen molar-refractivity contribution < 1.29 is 9.53 Å². The van der Waals surface area contributed by atoms with Crippen molar-refractivity contribution in [3.8, 4) is 5.75 Å². The summed E-state index contributed by atoms with van der Waals surface area (Å²) in [5.41, 5.74) is 1.51. The number of aromatic nitrogens is 2. The Kier molecular flexibility index (Phi) is 3.90. The van der Waals surface area contributed by atoms with Crippen molar-refractivity contribution >= 4 is 5.91 Å². The summed E-state index contributed by atoms with van der Waals surface area (Å²) in [7, 11) is 0. The molecule has 1 amide bonds. The van der Waals surface area contributed by atoms with Gasteiger partial charge in [-0.2, -0.15) is 5.10 Å². The number of hydrogen-bond acceptors (Lipinski definition) is 3. The van der Waals surface area contributed by atoms with Crippen LogP contribution in [-0.2, 0) is 6.73 Å². The van der Waals surface area contributed by atoms with E-state index in [9.17, 15) is 4.79 Å². The Morgan fingerprint density at radius 1 is 1.38 bits per heavy atom. The van der Waals surface area contributed by atoms with Crippen LogP contribution >= 0.6 is 0 Å². The number of amides is 1. The molecule has 0 saturated heterocycles. The second-order valence-corrected chi connectivity index (χ2v) is 5.43. The summed E-state index contributed by atoms with van der Waals surface area (Å²) >= 11 is 0. The summed E-state index contributed by atoms with van der Waals surface area (Å²) in [5.74, 6) is 1.38. The van der Waals surface area contributed by atoms with Gasteiger partial charge in [-0.05, 0) is 43.4 Å². The molecule has 0 spiro atoms. The van der Waals surface area contributed by atoms with Gasteiger partial charge in [-0.25, -0.2) is 4.68 Å². The number of carbonyl (C=O) groups excluding carboxylic acids is 1. The van der Waals surface area contributed by atoms with Crippen molar-refractivity contribution in [2.45, 2.75) is 26.5 Å². The van der Waals surface area contributed by atoms with Crippen LogP contribution in [0.1, 0.15) is 28.9 Å². The van der Waals surface area contributed by atoms with E-state index in [-0.39, 0.29) is 5.91 Å².